The summed E-state index contributed by atoms with van der Waals surface area (Å²) in [6, 6.07) is 4.16. The molecule has 2 aromatic rings. The van der Waals surface area contributed by atoms with Crippen molar-refractivity contribution in [2.24, 2.45) is 5.73 Å². The fourth-order valence-electron chi connectivity index (χ4n) is 2.21. The Labute approximate surface area is 167 Å². The molecular weight excluding hydrogens is 393 g/mol. The first kappa shape index (κ1) is 21.3. The summed E-state index contributed by atoms with van der Waals surface area (Å²) in [5.41, 5.74) is 5.82. The van der Waals surface area contributed by atoms with E-state index in [-0.39, 0.29) is 19.4 Å². The summed E-state index contributed by atoms with van der Waals surface area (Å²) in [6.45, 7) is 5.02. The van der Waals surface area contributed by atoms with Gasteiger partial charge in [0.1, 0.15) is 12.1 Å². The van der Waals surface area contributed by atoms with Crippen LogP contribution in [-0.4, -0.2) is 43.6 Å². The largest absolute Gasteiger partial charge is 0.460 e. The summed E-state index contributed by atoms with van der Waals surface area (Å²) >= 11 is 12.2. The Hall–Kier alpha value is -2.03. The zero-order valence-electron chi connectivity index (χ0n) is 15.3. The first-order valence-corrected chi connectivity index (χ1v) is 9.00. The summed E-state index contributed by atoms with van der Waals surface area (Å²) in [4.78, 5) is 25.1. The molecule has 0 spiro atoms. The van der Waals surface area contributed by atoms with Gasteiger partial charge in [-0.2, -0.15) is 4.80 Å². The van der Waals surface area contributed by atoms with E-state index in [0.717, 1.165) is 4.80 Å². The van der Waals surface area contributed by atoms with Crippen molar-refractivity contribution in [3.05, 3.63) is 39.6 Å². The van der Waals surface area contributed by atoms with E-state index >= 15 is 0 Å². The van der Waals surface area contributed by atoms with Gasteiger partial charge in [0.15, 0.2) is 11.6 Å². The molecule has 1 heterocycles. The van der Waals surface area contributed by atoms with Gasteiger partial charge in [-0.3, -0.25) is 9.59 Å². The highest BCUT2D eigenvalue weighted by Gasteiger charge is 2.23. The fourth-order valence-corrected chi connectivity index (χ4v) is 2.74. The van der Waals surface area contributed by atoms with Crippen LogP contribution in [0.1, 0.15) is 38.6 Å². The zero-order valence-corrected chi connectivity index (χ0v) is 16.8. The highest BCUT2D eigenvalue weighted by Crippen LogP contribution is 2.25. The topological polar surface area (TPSA) is 113 Å². The number of hydrogen-bond acceptors (Lipinski definition) is 7. The second-order valence-electron chi connectivity index (χ2n) is 6.98. The monoisotopic (exact) mass is 413 g/mol. The van der Waals surface area contributed by atoms with Crippen LogP contribution in [0.25, 0.3) is 0 Å². The minimum atomic E-state index is -1.01. The SMILES string of the molecule is CC(C)(C)OC(=O)CC(N)C(=O)Cn1nnc(Cc2c(Cl)cccc2Cl)n1. The van der Waals surface area contributed by atoms with Crippen molar-refractivity contribution in [1.29, 1.82) is 0 Å². The first-order chi connectivity index (χ1) is 12.5. The number of hydrogen-bond donors (Lipinski definition) is 1. The predicted octanol–water partition coefficient (Wildman–Crippen LogP) is 2.20. The van der Waals surface area contributed by atoms with Crippen molar-refractivity contribution < 1.29 is 14.3 Å². The molecule has 8 nitrogen and oxygen atoms in total. The molecule has 1 atom stereocenters. The molecule has 0 aliphatic carbocycles. The third-order valence-corrected chi connectivity index (χ3v) is 4.12. The van der Waals surface area contributed by atoms with E-state index in [0.29, 0.717) is 21.4 Å². The van der Waals surface area contributed by atoms with Crippen LogP contribution in [0.3, 0.4) is 0 Å². The number of carbonyl (C=O) groups excluding carboxylic acids is 2. The van der Waals surface area contributed by atoms with Gasteiger partial charge in [0.2, 0.25) is 0 Å². The number of nitrogens with zero attached hydrogens (tertiary/aromatic N) is 4. The molecule has 1 aromatic heterocycles. The second-order valence-corrected chi connectivity index (χ2v) is 7.79. The van der Waals surface area contributed by atoms with E-state index in [1.165, 1.54) is 0 Å². The Kier molecular flexibility index (Phi) is 6.91. The molecule has 0 bridgehead atoms. The molecule has 10 heteroatoms. The number of carbonyl (C=O) groups is 2. The zero-order chi connectivity index (χ0) is 20.2. The predicted molar refractivity (Wildman–Crippen MR) is 101 cm³/mol. The molecule has 2 rings (SSSR count). The number of tetrazole rings is 1. The van der Waals surface area contributed by atoms with Crippen molar-refractivity contribution in [3.8, 4) is 0 Å². The summed E-state index contributed by atoms with van der Waals surface area (Å²) in [7, 11) is 0. The Bertz CT molecular complexity index is 812. The Balaban J connectivity index is 1.95. The number of ether oxygens (including phenoxy) is 1. The molecule has 146 valence electrons. The molecule has 27 heavy (non-hydrogen) atoms. The standard InChI is InChI=1S/C17H21Cl2N5O3/c1-17(2,3)27-16(26)8-13(20)14(25)9-24-22-15(21-23-24)7-10-11(18)5-4-6-12(10)19/h4-6,13H,7-9,20H2,1-3H3. The van der Waals surface area contributed by atoms with Crippen LogP contribution in [-0.2, 0) is 27.3 Å². The molecule has 0 aliphatic heterocycles. The number of nitrogens with two attached hydrogens (primary N) is 1. The third-order valence-electron chi connectivity index (χ3n) is 3.41. The quantitative estimate of drug-likeness (QED) is 0.691. The summed E-state index contributed by atoms with van der Waals surface area (Å²) in [5.74, 6) is -0.581. The number of rotatable bonds is 7. The van der Waals surface area contributed by atoms with E-state index in [4.69, 9.17) is 33.7 Å². The number of benzene rings is 1. The van der Waals surface area contributed by atoms with Gasteiger partial charge in [-0.05, 0) is 43.7 Å². The van der Waals surface area contributed by atoms with Gasteiger partial charge in [-0.15, -0.1) is 10.2 Å². The highest BCUT2D eigenvalue weighted by atomic mass is 35.5. The van der Waals surface area contributed by atoms with E-state index < -0.39 is 23.4 Å². The maximum absolute atomic E-state index is 12.2. The van der Waals surface area contributed by atoms with Crippen LogP contribution in [0.15, 0.2) is 18.2 Å². The van der Waals surface area contributed by atoms with Gasteiger partial charge in [-0.1, -0.05) is 29.3 Å². The normalized spacial score (nSPS) is 12.7. The van der Waals surface area contributed by atoms with Gasteiger partial charge in [0.25, 0.3) is 0 Å². The smallest absolute Gasteiger partial charge is 0.308 e. The molecule has 0 amide bonds. The van der Waals surface area contributed by atoms with Crippen LogP contribution in [0.2, 0.25) is 10.0 Å². The lowest BCUT2D eigenvalue weighted by Gasteiger charge is -2.20. The van der Waals surface area contributed by atoms with Gasteiger partial charge in [0.05, 0.1) is 12.5 Å². The third kappa shape index (κ3) is 6.57. The van der Waals surface area contributed by atoms with Crippen LogP contribution >= 0.6 is 23.2 Å². The summed E-state index contributed by atoms with van der Waals surface area (Å²) in [6.07, 6.45) is 0.0591. The van der Waals surface area contributed by atoms with Crippen molar-refractivity contribution in [2.45, 2.75) is 51.8 Å². The Morgan fingerprint density at radius 3 is 2.48 bits per heavy atom. The van der Waals surface area contributed by atoms with Crippen molar-refractivity contribution in [3.63, 3.8) is 0 Å². The van der Waals surface area contributed by atoms with Crippen molar-refractivity contribution >= 4 is 35.0 Å². The Morgan fingerprint density at radius 2 is 1.89 bits per heavy atom. The number of halogens is 2. The summed E-state index contributed by atoms with van der Waals surface area (Å²) < 4.78 is 5.16. The van der Waals surface area contributed by atoms with Crippen LogP contribution in [0, 0.1) is 0 Å². The fraction of sp³-hybridized carbons (Fsp3) is 0.471. The van der Waals surface area contributed by atoms with Gasteiger partial charge < -0.3 is 10.5 Å². The summed E-state index contributed by atoms with van der Waals surface area (Å²) in [5, 5.41) is 12.8. The minimum Gasteiger partial charge on any atom is -0.460 e. The van der Waals surface area contributed by atoms with Gasteiger partial charge in [0, 0.05) is 16.5 Å². The van der Waals surface area contributed by atoms with Crippen LogP contribution < -0.4 is 5.73 Å². The van der Waals surface area contributed by atoms with Gasteiger partial charge in [-0.25, -0.2) is 0 Å². The van der Waals surface area contributed by atoms with E-state index in [1.807, 2.05) is 0 Å². The molecular formula is C17H21Cl2N5O3. The van der Waals surface area contributed by atoms with Crippen LogP contribution in [0.4, 0.5) is 0 Å². The molecule has 2 N–H and O–H groups in total. The highest BCUT2D eigenvalue weighted by molar-refractivity contribution is 6.36. The molecule has 1 aromatic carbocycles. The van der Waals surface area contributed by atoms with Crippen molar-refractivity contribution in [2.75, 3.05) is 0 Å². The molecule has 0 saturated carbocycles. The van der Waals surface area contributed by atoms with Gasteiger partial charge >= 0.3 is 5.97 Å². The molecule has 0 radical (unpaired) electrons. The number of esters is 1. The number of Topliss-reactive ketones (excluding diaryl/α,β-unsaturated/α-hetero) is 1. The van der Waals surface area contributed by atoms with E-state index in [2.05, 4.69) is 15.4 Å². The maximum Gasteiger partial charge on any atom is 0.308 e. The lowest BCUT2D eigenvalue weighted by molar-refractivity contribution is -0.156. The molecule has 0 aliphatic rings. The molecule has 1 unspecified atom stereocenters. The van der Waals surface area contributed by atoms with E-state index in [1.54, 1.807) is 39.0 Å². The van der Waals surface area contributed by atoms with Crippen molar-refractivity contribution in [1.82, 2.24) is 20.2 Å². The average molecular weight is 414 g/mol. The Morgan fingerprint density at radius 1 is 1.26 bits per heavy atom. The van der Waals surface area contributed by atoms with E-state index in [9.17, 15) is 9.59 Å². The average Bonchev–Trinajstić information content (AvgIpc) is 2.96. The lowest BCUT2D eigenvalue weighted by Crippen LogP contribution is -2.37. The van der Waals surface area contributed by atoms with Crippen LogP contribution in [0.5, 0.6) is 0 Å². The molecule has 0 saturated heterocycles. The second kappa shape index (κ2) is 8.77. The lowest BCUT2D eigenvalue weighted by atomic mass is 10.1. The number of aromatic nitrogens is 4. The number of ketones is 1. The molecule has 0 fully saturated rings. The minimum absolute atomic E-state index is 0.201. The first-order valence-electron chi connectivity index (χ1n) is 8.25. The maximum atomic E-state index is 12.2.